The van der Waals surface area contributed by atoms with Crippen LogP contribution in [0.15, 0.2) is 18.2 Å². The van der Waals surface area contributed by atoms with Gasteiger partial charge in [0.05, 0.1) is 16.9 Å². The first kappa shape index (κ1) is 18.1. The third kappa shape index (κ3) is 3.19. The summed E-state index contributed by atoms with van der Waals surface area (Å²) in [6, 6.07) is 1.80. The molecule has 0 saturated heterocycles. The van der Waals surface area contributed by atoms with Gasteiger partial charge in [0.15, 0.2) is 0 Å². The molecule has 0 spiro atoms. The summed E-state index contributed by atoms with van der Waals surface area (Å²) >= 11 is 0.961. The van der Waals surface area contributed by atoms with Crippen LogP contribution in [0.25, 0.3) is 10.2 Å². The Hall–Kier alpha value is -2.75. The van der Waals surface area contributed by atoms with Crippen LogP contribution in [0.5, 0.6) is 0 Å². The van der Waals surface area contributed by atoms with Crippen molar-refractivity contribution >= 4 is 38.8 Å². The number of hydrogen-bond donors (Lipinski definition) is 2. The minimum atomic E-state index is -4.73. The lowest BCUT2D eigenvalue weighted by Gasteiger charge is -2.10. The smallest absolute Gasteiger partial charge is 0.397 e. The first-order valence-electron chi connectivity index (χ1n) is 7.29. The predicted molar refractivity (Wildman–Crippen MR) is 90.7 cm³/mol. The van der Waals surface area contributed by atoms with Crippen LogP contribution < -0.4 is 11.1 Å². The highest BCUT2D eigenvalue weighted by atomic mass is 32.1. The lowest BCUT2D eigenvalue weighted by molar-refractivity contribution is -0.137. The van der Waals surface area contributed by atoms with Crippen LogP contribution in [-0.2, 0) is 6.18 Å². The van der Waals surface area contributed by atoms with Gasteiger partial charge in [-0.15, -0.1) is 16.4 Å². The first-order chi connectivity index (χ1) is 12.1. The molecule has 26 heavy (non-hydrogen) atoms. The molecule has 1 amide bonds. The summed E-state index contributed by atoms with van der Waals surface area (Å²) in [5.41, 5.74) is 6.06. The topological polar surface area (TPSA) is 80.9 Å². The standard InChI is InChI=1S/C16H12F4N4OS/c1-6-7(2)23-24-15-11(6)12(21)13(26-15)14(25)22-10-4-8(16(18,19)20)3-9(17)5-10/h3-5H,21H2,1-2H3,(H,22,25). The minimum Gasteiger partial charge on any atom is -0.397 e. The van der Waals surface area contributed by atoms with Gasteiger partial charge < -0.3 is 11.1 Å². The maximum absolute atomic E-state index is 13.5. The van der Waals surface area contributed by atoms with Crippen molar-refractivity contribution < 1.29 is 22.4 Å². The van der Waals surface area contributed by atoms with Gasteiger partial charge in [-0.25, -0.2) is 4.39 Å². The Bertz CT molecular complexity index is 1030. The maximum atomic E-state index is 13.5. The molecule has 0 bridgehead atoms. The highest BCUT2D eigenvalue weighted by molar-refractivity contribution is 7.21. The summed E-state index contributed by atoms with van der Waals surface area (Å²) in [5.74, 6) is -1.86. The third-order valence-corrected chi connectivity index (χ3v) is 4.91. The maximum Gasteiger partial charge on any atom is 0.416 e. The molecule has 3 aromatic rings. The fourth-order valence-corrected chi connectivity index (χ4v) is 3.42. The van der Waals surface area contributed by atoms with E-state index in [1.54, 1.807) is 13.8 Å². The van der Waals surface area contributed by atoms with Crippen molar-refractivity contribution in [2.24, 2.45) is 0 Å². The summed E-state index contributed by atoms with van der Waals surface area (Å²) in [7, 11) is 0. The molecule has 0 aliphatic rings. The van der Waals surface area contributed by atoms with Crippen LogP contribution in [0.3, 0.4) is 0 Å². The molecule has 0 fully saturated rings. The number of thiophene rings is 1. The van der Waals surface area contributed by atoms with E-state index in [4.69, 9.17) is 5.73 Å². The van der Waals surface area contributed by atoms with Crippen molar-refractivity contribution in [1.29, 1.82) is 0 Å². The van der Waals surface area contributed by atoms with Crippen LogP contribution in [0.1, 0.15) is 26.5 Å². The Kier molecular flexibility index (Phi) is 4.31. The van der Waals surface area contributed by atoms with Crippen LogP contribution in [0, 0.1) is 19.7 Å². The molecule has 0 unspecified atom stereocenters. The molecule has 136 valence electrons. The van der Waals surface area contributed by atoms with Crippen LogP contribution in [0.2, 0.25) is 0 Å². The number of carbonyl (C=O) groups excluding carboxylic acids is 1. The first-order valence-corrected chi connectivity index (χ1v) is 8.10. The quantitative estimate of drug-likeness (QED) is 0.646. The second kappa shape index (κ2) is 6.20. The second-order valence-corrected chi connectivity index (χ2v) is 6.61. The molecular weight excluding hydrogens is 372 g/mol. The highest BCUT2D eigenvalue weighted by Crippen LogP contribution is 2.36. The molecule has 1 aromatic carbocycles. The van der Waals surface area contributed by atoms with Gasteiger partial charge in [-0.3, -0.25) is 4.79 Å². The van der Waals surface area contributed by atoms with E-state index in [9.17, 15) is 22.4 Å². The molecule has 3 rings (SSSR count). The molecule has 2 heterocycles. The number of benzene rings is 1. The predicted octanol–water partition coefficient (Wildman–Crippen LogP) is 4.30. The SMILES string of the molecule is Cc1nnc2sc(C(=O)Nc3cc(F)cc(C(F)(F)F)c3)c(N)c2c1C. The van der Waals surface area contributed by atoms with E-state index in [1.165, 1.54) is 0 Å². The number of anilines is 2. The van der Waals surface area contributed by atoms with Gasteiger partial charge in [-0.2, -0.15) is 18.3 Å². The monoisotopic (exact) mass is 384 g/mol. The fourth-order valence-electron chi connectivity index (χ4n) is 2.42. The largest absolute Gasteiger partial charge is 0.416 e. The molecule has 3 N–H and O–H groups in total. The molecule has 5 nitrogen and oxygen atoms in total. The van der Waals surface area contributed by atoms with Gasteiger partial charge in [-0.1, -0.05) is 0 Å². The Morgan fingerprint density at radius 3 is 2.54 bits per heavy atom. The zero-order valence-corrected chi connectivity index (χ0v) is 14.3. The Morgan fingerprint density at radius 1 is 1.19 bits per heavy atom. The number of nitrogens with two attached hydrogens (primary N) is 1. The van der Waals surface area contributed by atoms with Crippen molar-refractivity contribution in [3.05, 3.63) is 45.7 Å². The average molecular weight is 384 g/mol. The number of aryl methyl sites for hydroxylation is 2. The minimum absolute atomic E-state index is 0.0702. The van der Waals surface area contributed by atoms with Gasteiger partial charge in [-0.05, 0) is 37.6 Å². The fraction of sp³-hybridized carbons (Fsp3) is 0.188. The van der Waals surface area contributed by atoms with Crippen LogP contribution in [-0.4, -0.2) is 16.1 Å². The lowest BCUT2D eigenvalue weighted by atomic mass is 10.1. The third-order valence-electron chi connectivity index (χ3n) is 3.82. The molecule has 0 atom stereocenters. The zero-order chi connectivity index (χ0) is 19.2. The normalized spacial score (nSPS) is 11.8. The van der Waals surface area contributed by atoms with Crippen molar-refractivity contribution in [2.75, 3.05) is 11.1 Å². The molecule has 2 aromatic heterocycles. The summed E-state index contributed by atoms with van der Waals surface area (Å²) < 4.78 is 51.8. The number of rotatable bonds is 2. The van der Waals surface area contributed by atoms with Crippen molar-refractivity contribution in [2.45, 2.75) is 20.0 Å². The van der Waals surface area contributed by atoms with Gasteiger partial charge in [0.1, 0.15) is 15.5 Å². The van der Waals surface area contributed by atoms with E-state index in [0.717, 1.165) is 23.0 Å². The second-order valence-electron chi connectivity index (χ2n) is 5.62. The zero-order valence-electron chi connectivity index (χ0n) is 13.5. The number of halogens is 4. The van der Waals surface area contributed by atoms with Gasteiger partial charge >= 0.3 is 6.18 Å². The number of nitrogen functional groups attached to an aromatic ring is 1. The lowest BCUT2D eigenvalue weighted by Crippen LogP contribution is -2.14. The molecule has 0 aliphatic heterocycles. The van der Waals surface area contributed by atoms with E-state index in [2.05, 4.69) is 15.5 Å². The number of aromatic nitrogens is 2. The van der Waals surface area contributed by atoms with Crippen molar-refractivity contribution in [1.82, 2.24) is 10.2 Å². The number of fused-ring (bicyclic) bond motifs is 1. The Balaban J connectivity index is 1.99. The molecule has 10 heteroatoms. The number of carbonyl (C=O) groups is 1. The average Bonchev–Trinajstić information content (AvgIpc) is 2.87. The Labute approximate surface area is 148 Å². The summed E-state index contributed by atoms with van der Waals surface area (Å²) in [6.07, 6.45) is -4.73. The Morgan fingerprint density at radius 2 is 1.88 bits per heavy atom. The van der Waals surface area contributed by atoms with Gasteiger partial charge in [0.2, 0.25) is 0 Å². The molecule has 0 radical (unpaired) electrons. The number of nitrogens with one attached hydrogen (secondary N) is 1. The van der Waals surface area contributed by atoms with E-state index in [0.29, 0.717) is 28.0 Å². The van der Waals surface area contributed by atoms with E-state index >= 15 is 0 Å². The van der Waals surface area contributed by atoms with Gasteiger partial charge in [0.25, 0.3) is 5.91 Å². The summed E-state index contributed by atoms with van der Waals surface area (Å²) in [4.78, 5) is 12.9. The summed E-state index contributed by atoms with van der Waals surface area (Å²) in [5, 5.41) is 10.7. The molecule has 0 aliphatic carbocycles. The van der Waals surface area contributed by atoms with E-state index in [1.807, 2.05) is 0 Å². The number of nitrogens with zero attached hydrogens (tertiary/aromatic N) is 2. The number of alkyl halides is 3. The highest BCUT2D eigenvalue weighted by Gasteiger charge is 2.31. The van der Waals surface area contributed by atoms with Crippen LogP contribution >= 0.6 is 11.3 Å². The van der Waals surface area contributed by atoms with Crippen LogP contribution in [0.4, 0.5) is 28.9 Å². The molecular formula is C16H12F4N4OS. The van der Waals surface area contributed by atoms with E-state index in [-0.39, 0.29) is 16.3 Å². The van der Waals surface area contributed by atoms with Crippen molar-refractivity contribution in [3.8, 4) is 0 Å². The van der Waals surface area contributed by atoms with Gasteiger partial charge in [0, 0.05) is 11.1 Å². The number of hydrogen-bond acceptors (Lipinski definition) is 5. The van der Waals surface area contributed by atoms with Crippen molar-refractivity contribution in [3.63, 3.8) is 0 Å². The van der Waals surface area contributed by atoms with E-state index < -0.39 is 23.5 Å². The molecule has 0 saturated carbocycles. The summed E-state index contributed by atoms with van der Waals surface area (Å²) in [6.45, 7) is 3.52. The number of amides is 1.